The van der Waals surface area contributed by atoms with Gasteiger partial charge in [-0.3, -0.25) is 14.8 Å². The molecule has 29 heavy (non-hydrogen) atoms. The monoisotopic (exact) mass is 392 g/mol. The summed E-state index contributed by atoms with van der Waals surface area (Å²) in [5, 5.41) is 10.1. The minimum Gasteiger partial charge on any atom is -0.384 e. The third-order valence-corrected chi connectivity index (χ3v) is 4.91. The molecule has 0 saturated heterocycles. The van der Waals surface area contributed by atoms with Crippen LogP contribution in [0.3, 0.4) is 0 Å². The average Bonchev–Trinajstić information content (AvgIpc) is 2.67. The summed E-state index contributed by atoms with van der Waals surface area (Å²) < 4.78 is 0. The van der Waals surface area contributed by atoms with Crippen molar-refractivity contribution in [1.82, 2.24) is 4.98 Å². The number of Topliss-reactive ketones (excluding diaryl/α,β-unsaturated/α-hetero) is 1. The number of aromatic nitrogens is 1. The van der Waals surface area contributed by atoms with Crippen LogP contribution in [0.25, 0.3) is 5.70 Å². The Bertz CT molecular complexity index is 930. The number of aliphatic imine (C=N–C) groups is 1. The van der Waals surface area contributed by atoms with Crippen molar-refractivity contribution in [3.8, 4) is 0 Å². The van der Waals surface area contributed by atoms with E-state index in [1.807, 2.05) is 37.3 Å². The fraction of sp³-hybridized carbons (Fsp3) is 0.400. The summed E-state index contributed by atoms with van der Waals surface area (Å²) in [5.41, 5.74) is 5.18. The number of nitrogens with zero attached hydrogens (tertiary/aromatic N) is 2. The van der Waals surface area contributed by atoms with Gasteiger partial charge in [0.15, 0.2) is 5.78 Å². The summed E-state index contributed by atoms with van der Waals surface area (Å²) in [6, 6.07) is 9.72. The van der Waals surface area contributed by atoms with E-state index >= 15 is 0 Å². The predicted octanol–water partition coefficient (Wildman–Crippen LogP) is 5.58. The van der Waals surface area contributed by atoms with Crippen molar-refractivity contribution in [2.45, 2.75) is 60.5 Å². The summed E-state index contributed by atoms with van der Waals surface area (Å²) in [4.78, 5) is 21.3. The molecule has 4 heteroatoms. The van der Waals surface area contributed by atoms with Gasteiger partial charge in [-0.15, -0.1) is 0 Å². The number of ketones is 1. The van der Waals surface area contributed by atoms with Gasteiger partial charge < -0.3 is 5.11 Å². The largest absolute Gasteiger partial charge is 0.384 e. The van der Waals surface area contributed by atoms with Crippen LogP contribution in [0.2, 0.25) is 0 Å². The topological polar surface area (TPSA) is 62.6 Å². The lowest BCUT2D eigenvalue weighted by molar-refractivity contribution is 0.0738. The van der Waals surface area contributed by atoms with Gasteiger partial charge in [0.1, 0.15) is 5.60 Å². The van der Waals surface area contributed by atoms with Crippen LogP contribution in [0.1, 0.15) is 81.2 Å². The molecule has 2 rings (SSSR count). The van der Waals surface area contributed by atoms with Gasteiger partial charge in [-0.05, 0) is 63.8 Å². The van der Waals surface area contributed by atoms with E-state index in [2.05, 4.69) is 31.8 Å². The van der Waals surface area contributed by atoms with Crippen molar-refractivity contribution in [2.75, 3.05) is 0 Å². The maximum absolute atomic E-state index is 11.9. The number of carbonyl (C=O) groups excluding carboxylic acids is 1. The summed E-state index contributed by atoms with van der Waals surface area (Å²) >= 11 is 0. The minimum absolute atomic E-state index is 0.0831. The highest BCUT2D eigenvalue weighted by Crippen LogP contribution is 2.24. The molecule has 0 atom stereocenters. The van der Waals surface area contributed by atoms with E-state index in [9.17, 15) is 9.90 Å². The number of aryl methyl sites for hydroxylation is 1. The Balaban J connectivity index is 2.49. The van der Waals surface area contributed by atoms with Crippen LogP contribution < -0.4 is 0 Å². The first-order valence-electron chi connectivity index (χ1n) is 10.2. The molecule has 0 amide bonds. The Morgan fingerprint density at radius 1 is 1.21 bits per heavy atom. The highest BCUT2D eigenvalue weighted by Gasteiger charge is 2.19. The summed E-state index contributed by atoms with van der Waals surface area (Å²) in [6.07, 6.45) is 4.56. The smallest absolute Gasteiger partial charge is 0.160 e. The number of hydrogen-bond acceptors (Lipinski definition) is 4. The maximum atomic E-state index is 11.9. The van der Waals surface area contributed by atoms with Crippen molar-refractivity contribution >= 4 is 17.2 Å². The van der Waals surface area contributed by atoms with Gasteiger partial charge in [-0.25, -0.2) is 0 Å². The molecule has 1 aromatic heterocycles. The van der Waals surface area contributed by atoms with E-state index in [0.717, 1.165) is 40.1 Å². The molecule has 0 bridgehead atoms. The van der Waals surface area contributed by atoms with Gasteiger partial charge in [-0.1, -0.05) is 39.0 Å². The van der Waals surface area contributed by atoms with Gasteiger partial charge in [0.2, 0.25) is 0 Å². The molecule has 1 aromatic carbocycles. The first kappa shape index (κ1) is 22.7. The van der Waals surface area contributed by atoms with E-state index in [-0.39, 0.29) is 11.7 Å². The van der Waals surface area contributed by atoms with Gasteiger partial charge in [-0.2, -0.15) is 0 Å². The molecule has 0 radical (unpaired) electrons. The normalized spacial score (nSPS) is 13.1. The van der Waals surface area contributed by atoms with E-state index in [0.29, 0.717) is 5.69 Å². The van der Waals surface area contributed by atoms with Gasteiger partial charge >= 0.3 is 0 Å². The fourth-order valence-electron chi connectivity index (χ4n) is 3.25. The van der Waals surface area contributed by atoms with Crippen LogP contribution in [0, 0.1) is 5.92 Å². The molecule has 4 nitrogen and oxygen atoms in total. The molecule has 0 spiro atoms. The highest BCUT2D eigenvalue weighted by molar-refractivity contribution is 6.04. The Morgan fingerprint density at radius 3 is 2.31 bits per heavy atom. The second-order valence-electron chi connectivity index (χ2n) is 8.10. The molecule has 0 unspecified atom stereocenters. The average molecular weight is 393 g/mol. The molecular weight excluding hydrogens is 360 g/mol. The number of benzene rings is 1. The van der Waals surface area contributed by atoms with Gasteiger partial charge in [0, 0.05) is 22.9 Å². The zero-order valence-electron chi connectivity index (χ0n) is 18.6. The maximum Gasteiger partial charge on any atom is 0.160 e. The first-order chi connectivity index (χ1) is 13.6. The van der Waals surface area contributed by atoms with Crippen LogP contribution in [0.15, 0.2) is 47.6 Å². The predicted molar refractivity (Wildman–Crippen MR) is 120 cm³/mol. The van der Waals surface area contributed by atoms with E-state index in [4.69, 9.17) is 4.99 Å². The van der Waals surface area contributed by atoms with Crippen LogP contribution in [0.5, 0.6) is 0 Å². The van der Waals surface area contributed by atoms with E-state index in [1.54, 1.807) is 27.0 Å². The van der Waals surface area contributed by atoms with Crippen LogP contribution >= 0.6 is 0 Å². The van der Waals surface area contributed by atoms with Crippen molar-refractivity contribution in [3.05, 3.63) is 70.6 Å². The summed E-state index contributed by atoms with van der Waals surface area (Å²) in [7, 11) is 0. The Morgan fingerprint density at radius 2 is 1.86 bits per heavy atom. The van der Waals surface area contributed by atoms with Gasteiger partial charge in [0.05, 0.1) is 17.1 Å². The minimum atomic E-state index is -0.975. The molecule has 1 heterocycles. The van der Waals surface area contributed by atoms with E-state index < -0.39 is 5.60 Å². The SMILES string of the molecule is C/C=C(\N=C(c1ccc(C(C)(C)O)nc1)C(C)C)c1ccc(C(C)=O)c(CC)c1. The Kier molecular flexibility index (Phi) is 7.26. The lowest BCUT2D eigenvalue weighted by Crippen LogP contribution is -2.18. The van der Waals surface area contributed by atoms with Crippen molar-refractivity contribution in [3.63, 3.8) is 0 Å². The van der Waals surface area contributed by atoms with Crippen molar-refractivity contribution in [1.29, 1.82) is 0 Å². The zero-order chi connectivity index (χ0) is 21.8. The molecule has 1 N–H and O–H groups in total. The highest BCUT2D eigenvalue weighted by atomic mass is 16.3. The third-order valence-electron chi connectivity index (χ3n) is 4.91. The molecule has 0 aliphatic rings. The molecular formula is C25H32N2O2. The fourth-order valence-corrected chi connectivity index (χ4v) is 3.25. The van der Waals surface area contributed by atoms with Gasteiger partial charge in [0.25, 0.3) is 0 Å². The summed E-state index contributed by atoms with van der Waals surface area (Å²) in [6.45, 7) is 13.3. The molecule has 0 aliphatic heterocycles. The zero-order valence-corrected chi connectivity index (χ0v) is 18.6. The molecule has 154 valence electrons. The number of hydrogen-bond donors (Lipinski definition) is 1. The van der Waals surface area contributed by atoms with Crippen LogP contribution in [-0.4, -0.2) is 21.6 Å². The number of rotatable bonds is 7. The quantitative estimate of drug-likeness (QED) is 0.494. The molecule has 0 saturated carbocycles. The molecule has 0 fully saturated rings. The lowest BCUT2D eigenvalue weighted by atomic mass is 9.97. The Labute approximate surface area is 174 Å². The van der Waals surface area contributed by atoms with Crippen LogP contribution in [-0.2, 0) is 12.0 Å². The third kappa shape index (κ3) is 5.48. The van der Waals surface area contributed by atoms with Crippen molar-refractivity contribution < 1.29 is 9.90 Å². The number of aliphatic hydroxyl groups is 1. The second kappa shape index (κ2) is 9.27. The number of carbonyl (C=O) groups is 1. The first-order valence-corrected chi connectivity index (χ1v) is 10.2. The standard InChI is InChI=1S/C25H32N2O2/c1-8-18-14-19(10-12-21(18)17(5)28)22(9-2)27-24(16(3)4)20-11-13-23(26-15-20)25(6,7)29/h9-16,29H,8H2,1-7H3/b22-9-,27-24?. The molecule has 2 aromatic rings. The number of pyridine rings is 1. The Hall–Kier alpha value is -2.59. The summed E-state index contributed by atoms with van der Waals surface area (Å²) in [5.74, 6) is 0.279. The number of allylic oxidation sites excluding steroid dienone is 1. The van der Waals surface area contributed by atoms with E-state index in [1.165, 1.54) is 0 Å². The lowest BCUT2D eigenvalue weighted by Gasteiger charge is -2.18. The van der Waals surface area contributed by atoms with Crippen LogP contribution in [0.4, 0.5) is 0 Å². The van der Waals surface area contributed by atoms with Crippen molar-refractivity contribution in [2.24, 2.45) is 10.9 Å². The molecule has 0 aliphatic carbocycles. The second-order valence-corrected chi connectivity index (χ2v) is 8.10.